The summed E-state index contributed by atoms with van der Waals surface area (Å²) in [7, 11) is 2.09. The summed E-state index contributed by atoms with van der Waals surface area (Å²) in [5, 5.41) is 7.36. The van der Waals surface area contributed by atoms with E-state index in [0.29, 0.717) is 0 Å². The number of rotatable bonds is 5. The van der Waals surface area contributed by atoms with Crippen LogP contribution in [-0.4, -0.2) is 17.1 Å². The molecule has 1 N–H and O–H groups in total. The van der Waals surface area contributed by atoms with Crippen molar-refractivity contribution in [1.82, 2.24) is 5.32 Å². The first-order valence-electron chi connectivity index (χ1n) is 11.3. The van der Waals surface area contributed by atoms with E-state index in [2.05, 4.69) is 80.0 Å². The molecule has 0 radical (unpaired) electrons. The van der Waals surface area contributed by atoms with E-state index in [9.17, 15) is 0 Å². The van der Waals surface area contributed by atoms with E-state index < -0.39 is 6.51 Å². The summed E-state index contributed by atoms with van der Waals surface area (Å²) in [5.74, 6) is 0. The van der Waals surface area contributed by atoms with Gasteiger partial charge in [0.1, 0.15) is 0 Å². The Kier molecular flexibility index (Phi) is 0.731. The molecule has 2 aromatic carbocycles. The zero-order chi connectivity index (χ0) is 18.0. The van der Waals surface area contributed by atoms with Crippen molar-refractivity contribution < 1.29 is 6.51 Å². The van der Waals surface area contributed by atoms with Gasteiger partial charge in [0, 0.05) is 0 Å². The summed E-state index contributed by atoms with van der Waals surface area (Å²) in [6.45, 7) is -0.824. The van der Waals surface area contributed by atoms with Crippen molar-refractivity contribution in [2.45, 2.75) is 59.9 Å². The van der Waals surface area contributed by atoms with Crippen LogP contribution in [0.5, 0.6) is 0 Å². The van der Waals surface area contributed by atoms with Crippen LogP contribution in [0, 0.1) is 0 Å². The molecular weight excluding hydrogens is 401 g/mol. The molecule has 0 aliphatic carbocycles. The molecule has 10 heterocycles. The van der Waals surface area contributed by atoms with E-state index in [1.807, 2.05) is 0 Å². The van der Waals surface area contributed by atoms with Gasteiger partial charge in [-0.25, -0.2) is 0 Å². The van der Waals surface area contributed by atoms with E-state index >= 15 is 0 Å². The van der Waals surface area contributed by atoms with E-state index in [4.69, 9.17) is 0 Å². The maximum absolute atomic E-state index is 3.91. The van der Waals surface area contributed by atoms with Crippen LogP contribution >= 0.6 is 7.92 Å². The summed E-state index contributed by atoms with van der Waals surface area (Å²) in [5.41, 5.74) is 0. The molecule has 3 heteroatoms. The first kappa shape index (κ1) is 12.9. The Morgan fingerprint density at radius 3 is 1.68 bits per heavy atom. The van der Waals surface area contributed by atoms with Crippen LogP contribution in [-0.2, 0) is 6.51 Å². The van der Waals surface area contributed by atoms with Crippen molar-refractivity contribution in [3.63, 3.8) is 0 Å². The van der Waals surface area contributed by atoms with E-state index in [-0.39, 0.29) is 7.92 Å². The molecule has 4 unspecified atom stereocenters. The molecule has 0 saturated carbocycles. The topological polar surface area (TPSA) is 12.0 Å². The number of nitrogens with one attached hydrogen (secondary N) is 1. The van der Waals surface area contributed by atoms with Gasteiger partial charge >= 0.3 is 158 Å². The second-order valence-electron chi connectivity index (χ2n) is 13.8. The van der Waals surface area contributed by atoms with Crippen molar-refractivity contribution in [3.8, 4) is 0 Å². The minimum absolute atomic E-state index is 0.195. The van der Waals surface area contributed by atoms with Crippen LogP contribution in [0.2, 0.25) is 42.8 Å². The molecule has 10 fully saturated rings. The third-order valence-electron chi connectivity index (χ3n) is 18.3. The zero-order valence-electron chi connectivity index (χ0n) is 16.3. The Bertz CT molecular complexity index is 1510. The third kappa shape index (κ3) is 0.215. The monoisotopic (exact) mass is 427 g/mol. The fourth-order valence-corrected chi connectivity index (χ4v) is 112. The van der Waals surface area contributed by atoms with E-state index in [1.165, 1.54) is 38.5 Å². The van der Waals surface area contributed by atoms with Crippen LogP contribution in [0.15, 0.2) is 60.7 Å². The molecule has 0 amide bonds. The van der Waals surface area contributed by atoms with Gasteiger partial charge in [-0.15, -0.1) is 0 Å². The van der Waals surface area contributed by atoms with Gasteiger partial charge in [0.15, 0.2) is 0 Å². The Hall–Kier alpha value is -0.651. The molecule has 28 heavy (non-hydrogen) atoms. The van der Waals surface area contributed by atoms with Crippen molar-refractivity contribution in [2.75, 3.05) is 7.05 Å². The van der Waals surface area contributed by atoms with Crippen LogP contribution in [0.25, 0.3) is 0 Å². The average Bonchev–Trinajstić information content (AvgIpc) is 3.69. The summed E-state index contributed by atoms with van der Waals surface area (Å²) in [6.07, 6.45) is 0. The van der Waals surface area contributed by atoms with Gasteiger partial charge in [0.05, 0.1) is 0 Å². The van der Waals surface area contributed by atoms with Gasteiger partial charge in [-0.05, 0) is 0 Å². The van der Waals surface area contributed by atoms with Gasteiger partial charge in [-0.2, -0.15) is 0 Å². The Morgan fingerprint density at radius 1 is 0.786 bits per heavy atom. The van der Waals surface area contributed by atoms with Crippen molar-refractivity contribution in [3.05, 3.63) is 60.7 Å². The Balaban J connectivity index is 1.30. The first-order valence-corrected chi connectivity index (χ1v) is 18.8. The van der Waals surface area contributed by atoms with Gasteiger partial charge < -0.3 is 0 Å². The molecule has 6 atom stereocenters. The molecule has 2 aromatic rings. The first-order chi connectivity index (χ1) is 13.5. The zero-order valence-corrected chi connectivity index (χ0v) is 18.3. The summed E-state index contributed by atoms with van der Waals surface area (Å²) < 4.78 is 1.69. The second kappa shape index (κ2) is 1.59. The van der Waals surface area contributed by atoms with Gasteiger partial charge in [0.2, 0.25) is 0 Å². The van der Waals surface area contributed by atoms with Crippen LogP contribution in [0.4, 0.5) is 0 Å². The molecular formula is C25H26FeNP. The minimum atomic E-state index is -3.46. The molecule has 0 bridgehead atoms. The molecule has 10 aliphatic rings. The Labute approximate surface area is 157 Å². The third-order valence-corrected chi connectivity index (χ3v) is 68.5. The molecule has 1 nitrogen and oxygen atoms in total. The van der Waals surface area contributed by atoms with Crippen molar-refractivity contribution >= 4 is 18.5 Å². The standard InChI is InChI=1S/C20H21NP.C5H5.Fe/c1-16(21-2)19-14-9-15-20(19)22(17-10-5-3-6-11-17)18-12-7-4-8-13-18;1-2-4-5-3-1;/h3-16,21H,1-2H3;1-5H;/t16-;;/m1../s1. The van der Waals surface area contributed by atoms with E-state index in [0.717, 1.165) is 14.4 Å². The number of hydrogen-bond acceptors (Lipinski definition) is 1. The van der Waals surface area contributed by atoms with Crippen molar-refractivity contribution in [2.24, 2.45) is 0 Å². The van der Waals surface area contributed by atoms with Gasteiger partial charge in [0.25, 0.3) is 0 Å². The summed E-state index contributed by atoms with van der Waals surface area (Å²) >= 11 is 0. The van der Waals surface area contributed by atoms with E-state index in [1.54, 1.807) is 10.6 Å². The predicted octanol–water partition coefficient (Wildman–Crippen LogP) is 5.39. The second-order valence-corrected chi connectivity index (χ2v) is 39.8. The fourth-order valence-electron chi connectivity index (χ4n) is 20.4. The number of benzene rings is 2. The van der Waals surface area contributed by atoms with Crippen molar-refractivity contribution in [1.29, 1.82) is 0 Å². The SMILES string of the molecule is CN[C@H](C)[C@@]12[CH]3[CH]4[CH]5[C]1(P(c1ccccc1)c1ccccc1)[Fe]45321678[CH]2[CH]1[CH]6[CH]7[CH]28. The fraction of sp³-hybridized carbons (Fsp3) is 0.520. The molecule has 1 spiro atoms. The maximum atomic E-state index is 3.91. The summed E-state index contributed by atoms with van der Waals surface area (Å²) in [6, 6.07) is 24.6. The van der Waals surface area contributed by atoms with Crippen LogP contribution in [0.1, 0.15) is 6.92 Å². The average molecular weight is 427 g/mol. The summed E-state index contributed by atoms with van der Waals surface area (Å²) in [4.78, 5) is 10.8. The predicted molar refractivity (Wildman–Crippen MR) is 113 cm³/mol. The quantitative estimate of drug-likeness (QED) is 0.498. The number of hydrogen-bond donors (Lipinski definition) is 1. The molecule has 0 aromatic heterocycles. The van der Waals surface area contributed by atoms with Crippen LogP contribution < -0.4 is 15.9 Å². The van der Waals surface area contributed by atoms with Gasteiger partial charge in [-0.3, -0.25) is 0 Å². The molecule has 10 aliphatic heterocycles. The molecule has 10 saturated heterocycles. The molecule has 12 rings (SSSR count). The number of fused-ring (bicyclic) bond motifs is 10. The Morgan fingerprint density at radius 2 is 1.29 bits per heavy atom. The normalized spacial score (nSPS) is 80.8. The molecule has 144 valence electrons. The van der Waals surface area contributed by atoms with Gasteiger partial charge in [-0.1, -0.05) is 0 Å². The van der Waals surface area contributed by atoms with Crippen LogP contribution in [0.3, 0.4) is 0 Å².